The first-order valence-electron chi connectivity index (χ1n) is 5.76. The summed E-state index contributed by atoms with van der Waals surface area (Å²) in [5.74, 6) is -1.53. The summed E-state index contributed by atoms with van der Waals surface area (Å²) >= 11 is 0. The Hall–Kier alpha value is -2.17. The van der Waals surface area contributed by atoms with Gasteiger partial charge in [-0.15, -0.1) is 0 Å². The molecule has 2 aromatic rings. The molecule has 2 heterocycles. The van der Waals surface area contributed by atoms with Crippen LogP contribution in [-0.2, 0) is 13.0 Å². The lowest BCUT2D eigenvalue weighted by Gasteiger charge is -2.04. The van der Waals surface area contributed by atoms with Crippen LogP contribution >= 0.6 is 0 Å². The van der Waals surface area contributed by atoms with Gasteiger partial charge in [-0.05, 0) is 18.9 Å². The number of hydrogen-bond acceptors (Lipinski definition) is 2. The number of fused-ring (bicyclic) bond motifs is 1. The SMILES string of the molecule is O=C(O)c1nn2c(c1-c1ccccc1F)CCC2. The first-order chi connectivity index (χ1) is 8.68. The van der Waals surface area contributed by atoms with Crippen LogP contribution < -0.4 is 0 Å². The van der Waals surface area contributed by atoms with Gasteiger partial charge in [0.05, 0.1) is 0 Å². The van der Waals surface area contributed by atoms with Crippen LogP contribution in [0.4, 0.5) is 4.39 Å². The average Bonchev–Trinajstić information content (AvgIpc) is 2.89. The van der Waals surface area contributed by atoms with Gasteiger partial charge < -0.3 is 5.11 Å². The molecule has 18 heavy (non-hydrogen) atoms. The summed E-state index contributed by atoms with van der Waals surface area (Å²) in [5, 5.41) is 13.2. The predicted octanol–water partition coefficient (Wildman–Crippen LogP) is 2.33. The molecule has 1 aromatic carbocycles. The van der Waals surface area contributed by atoms with Gasteiger partial charge in [0.2, 0.25) is 0 Å². The van der Waals surface area contributed by atoms with E-state index in [4.69, 9.17) is 0 Å². The molecule has 0 radical (unpaired) electrons. The number of aromatic nitrogens is 2. The Balaban J connectivity index is 2.28. The number of benzene rings is 1. The quantitative estimate of drug-likeness (QED) is 0.884. The highest BCUT2D eigenvalue weighted by molar-refractivity contribution is 5.95. The lowest BCUT2D eigenvalue weighted by atomic mass is 10.0. The molecule has 0 aliphatic carbocycles. The maximum Gasteiger partial charge on any atom is 0.357 e. The standard InChI is InChI=1S/C13H11FN2O2/c14-9-5-2-1-4-8(9)11-10-6-3-7-16(10)15-12(11)13(17)18/h1-2,4-5H,3,6-7H2,(H,17,18). The average molecular weight is 246 g/mol. The van der Waals surface area contributed by atoms with Gasteiger partial charge in [0.1, 0.15) is 5.82 Å². The van der Waals surface area contributed by atoms with E-state index in [9.17, 15) is 14.3 Å². The van der Waals surface area contributed by atoms with Crippen molar-refractivity contribution in [2.45, 2.75) is 19.4 Å². The Bertz CT molecular complexity index is 634. The molecule has 1 aliphatic heterocycles. The smallest absolute Gasteiger partial charge is 0.357 e. The molecule has 0 atom stereocenters. The molecule has 1 aromatic heterocycles. The van der Waals surface area contributed by atoms with Crippen molar-refractivity contribution < 1.29 is 14.3 Å². The van der Waals surface area contributed by atoms with Crippen LogP contribution in [0.5, 0.6) is 0 Å². The number of hydrogen-bond donors (Lipinski definition) is 1. The highest BCUT2D eigenvalue weighted by Crippen LogP contribution is 2.33. The zero-order valence-corrected chi connectivity index (χ0v) is 9.56. The van der Waals surface area contributed by atoms with E-state index in [2.05, 4.69) is 5.10 Å². The van der Waals surface area contributed by atoms with E-state index in [-0.39, 0.29) is 5.69 Å². The summed E-state index contributed by atoms with van der Waals surface area (Å²) in [6, 6.07) is 6.21. The van der Waals surface area contributed by atoms with E-state index in [1.165, 1.54) is 6.07 Å². The van der Waals surface area contributed by atoms with Crippen LogP contribution in [0.1, 0.15) is 22.6 Å². The summed E-state index contributed by atoms with van der Waals surface area (Å²) in [7, 11) is 0. The van der Waals surface area contributed by atoms with Crippen LogP contribution in [-0.4, -0.2) is 20.9 Å². The van der Waals surface area contributed by atoms with Gasteiger partial charge in [-0.25, -0.2) is 9.18 Å². The lowest BCUT2D eigenvalue weighted by molar-refractivity contribution is 0.0690. The molecular weight excluding hydrogens is 235 g/mol. The first kappa shape index (κ1) is 11.0. The van der Waals surface area contributed by atoms with Crippen LogP contribution in [0.2, 0.25) is 0 Å². The van der Waals surface area contributed by atoms with Gasteiger partial charge in [0, 0.05) is 23.4 Å². The molecule has 0 unspecified atom stereocenters. The summed E-state index contributed by atoms with van der Waals surface area (Å²) in [6.45, 7) is 0.698. The molecule has 0 bridgehead atoms. The Kier molecular flexibility index (Phi) is 2.40. The Morgan fingerprint density at radius 1 is 1.39 bits per heavy atom. The molecule has 3 rings (SSSR count). The minimum absolute atomic E-state index is 0.0604. The monoisotopic (exact) mass is 246 g/mol. The first-order valence-corrected chi connectivity index (χ1v) is 5.76. The fraction of sp³-hybridized carbons (Fsp3) is 0.231. The van der Waals surface area contributed by atoms with Crippen molar-refractivity contribution >= 4 is 5.97 Å². The van der Waals surface area contributed by atoms with Crippen LogP contribution in [0.25, 0.3) is 11.1 Å². The molecule has 4 nitrogen and oxygen atoms in total. The zero-order chi connectivity index (χ0) is 12.7. The summed E-state index contributed by atoms with van der Waals surface area (Å²) in [4.78, 5) is 11.2. The number of aromatic carboxylic acids is 1. The highest BCUT2D eigenvalue weighted by Gasteiger charge is 2.27. The molecule has 0 spiro atoms. The third kappa shape index (κ3) is 1.51. The molecule has 0 fully saturated rings. The van der Waals surface area contributed by atoms with Crippen molar-refractivity contribution in [2.24, 2.45) is 0 Å². The maximum atomic E-state index is 13.8. The van der Waals surface area contributed by atoms with Crippen molar-refractivity contribution in [2.75, 3.05) is 0 Å². The summed E-state index contributed by atoms with van der Waals surface area (Å²) in [5.41, 5.74) is 1.50. The highest BCUT2D eigenvalue weighted by atomic mass is 19.1. The van der Waals surface area contributed by atoms with Crippen LogP contribution in [0.15, 0.2) is 24.3 Å². The van der Waals surface area contributed by atoms with Crippen molar-refractivity contribution in [3.8, 4) is 11.1 Å². The number of carboxylic acid groups (broad SMARTS) is 1. The van der Waals surface area contributed by atoms with Crippen molar-refractivity contribution in [3.05, 3.63) is 41.5 Å². The van der Waals surface area contributed by atoms with E-state index in [0.717, 1.165) is 18.5 Å². The number of carboxylic acids is 1. The number of aryl methyl sites for hydroxylation is 1. The molecular formula is C13H11FN2O2. The van der Waals surface area contributed by atoms with E-state index in [1.807, 2.05) is 0 Å². The normalized spacial score (nSPS) is 13.6. The topological polar surface area (TPSA) is 55.1 Å². The second kappa shape index (κ2) is 3.94. The number of halogens is 1. The Morgan fingerprint density at radius 2 is 2.17 bits per heavy atom. The van der Waals surface area contributed by atoms with E-state index < -0.39 is 11.8 Å². The largest absolute Gasteiger partial charge is 0.476 e. The molecule has 92 valence electrons. The van der Waals surface area contributed by atoms with Gasteiger partial charge in [0.25, 0.3) is 0 Å². The third-order valence-corrected chi connectivity index (χ3v) is 3.19. The van der Waals surface area contributed by atoms with Gasteiger partial charge >= 0.3 is 5.97 Å². The van der Waals surface area contributed by atoms with Gasteiger partial charge in [-0.2, -0.15) is 5.10 Å². The van der Waals surface area contributed by atoms with E-state index in [1.54, 1.807) is 22.9 Å². The number of nitrogens with zero attached hydrogens (tertiary/aromatic N) is 2. The van der Waals surface area contributed by atoms with Crippen LogP contribution in [0, 0.1) is 5.82 Å². The summed E-state index contributed by atoms with van der Waals surface area (Å²) in [6.07, 6.45) is 1.66. The zero-order valence-electron chi connectivity index (χ0n) is 9.56. The predicted molar refractivity (Wildman–Crippen MR) is 62.9 cm³/mol. The fourth-order valence-corrected chi connectivity index (χ4v) is 2.43. The van der Waals surface area contributed by atoms with Crippen molar-refractivity contribution in [3.63, 3.8) is 0 Å². The number of carbonyl (C=O) groups is 1. The van der Waals surface area contributed by atoms with Crippen LogP contribution in [0.3, 0.4) is 0 Å². The second-order valence-corrected chi connectivity index (χ2v) is 4.28. The number of rotatable bonds is 2. The van der Waals surface area contributed by atoms with Crippen molar-refractivity contribution in [1.82, 2.24) is 9.78 Å². The molecule has 5 heteroatoms. The minimum Gasteiger partial charge on any atom is -0.476 e. The third-order valence-electron chi connectivity index (χ3n) is 3.19. The lowest BCUT2D eigenvalue weighted by Crippen LogP contribution is -2.02. The van der Waals surface area contributed by atoms with E-state index in [0.29, 0.717) is 17.7 Å². The second-order valence-electron chi connectivity index (χ2n) is 4.28. The summed E-state index contributed by atoms with van der Waals surface area (Å²) < 4.78 is 15.5. The van der Waals surface area contributed by atoms with E-state index >= 15 is 0 Å². The van der Waals surface area contributed by atoms with Gasteiger partial charge in [-0.3, -0.25) is 4.68 Å². The maximum absolute atomic E-state index is 13.8. The van der Waals surface area contributed by atoms with Crippen molar-refractivity contribution in [1.29, 1.82) is 0 Å². The van der Waals surface area contributed by atoms with Gasteiger partial charge in [0.15, 0.2) is 5.69 Å². The molecule has 1 N–H and O–H groups in total. The molecule has 0 amide bonds. The van der Waals surface area contributed by atoms with Gasteiger partial charge in [-0.1, -0.05) is 18.2 Å². The minimum atomic E-state index is -1.12. The fourth-order valence-electron chi connectivity index (χ4n) is 2.43. The Labute approximate surface area is 103 Å². The molecule has 0 saturated carbocycles. The molecule has 1 aliphatic rings. The molecule has 0 saturated heterocycles. The Morgan fingerprint density at radius 3 is 2.89 bits per heavy atom.